The lowest BCUT2D eigenvalue weighted by Crippen LogP contribution is -2.00. The summed E-state index contributed by atoms with van der Waals surface area (Å²) in [5.74, 6) is 0.497. The third-order valence-corrected chi connectivity index (χ3v) is 3.06. The van der Waals surface area contributed by atoms with Gasteiger partial charge in [-0.05, 0) is 25.0 Å². The molecule has 2 N–H and O–H groups in total. The van der Waals surface area contributed by atoms with Crippen LogP contribution < -0.4 is 10.5 Å². The first kappa shape index (κ1) is 14.8. The van der Waals surface area contributed by atoms with Gasteiger partial charge in [0.15, 0.2) is 0 Å². The molecule has 1 aromatic carbocycles. The maximum Gasteiger partial charge on any atom is 0.295 e. The molecule has 0 aliphatic heterocycles. The molecule has 6 heteroatoms. The number of ether oxygens (including phenoxy) is 1. The summed E-state index contributed by atoms with van der Waals surface area (Å²) in [5, 5.41) is 11.7. The SMILES string of the molecule is Nc1ccc(OCCCCCCBr)cc1[N+](=O)[O-]. The van der Waals surface area contributed by atoms with Crippen LogP contribution >= 0.6 is 15.9 Å². The predicted molar refractivity (Wildman–Crippen MR) is 75.3 cm³/mol. The number of nitro benzene ring substituents is 1. The van der Waals surface area contributed by atoms with Crippen LogP contribution in [-0.4, -0.2) is 16.9 Å². The standard InChI is InChI=1S/C12H17BrN2O3/c13-7-3-1-2-4-8-18-10-5-6-11(14)12(9-10)15(16)17/h5-6,9H,1-4,7-8,14H2. The van der Waals surface area contributed by atoms with Crippen molar-refractivity contribution in [2.24, 2.45) is 0 Å². The zero-order valence-electron chi connectivity index (χ0n) is 10.1. The number of nitrogens with zero attached hydrogens (tertiary/aromatic N) is 1. The second kappa shape index (κ2) is 7.92. The van der Waals surface area contributed by atoms with Crippen molar-refractivity contribution in [1.29, 1.82) is 0 Å². The molecule has 0 radical (unpaired) electrons. The van der Waals surface area contributed by atoms with E-state index in [-0.39, 0.29) is 11.4 Å². The van der Waals surface area contributed by atoms with Crippen LogP contribution in [0.25, 0.3) is 0 Å². The average molecular weight is 317 g/mol. The van der Waals surface area contributed by atoms with E-state index in [0.29, 0.717) is 12.4 Å². The Balaban J connectivity index is 2.38. The van der Waals surface area contributed by atoms with Gasteiger partial charge >= 0.3 is 0 Å². The number of hydrogen-bond donors (Lipinski definition) is 1. The second-order valence-corrected chi connectivity index (χ2v) is 4.72. The third kappa shape index (κ3) is 4.91. The number of anilines is 1. The van der Waals surface area contributed by atoms with E-state index >= 15 is 0 Å². The molecule has 100 valence electrons. The fourth-order valence-electron chi connectivity index (χ4n) is 1.51. The summed E-state index contributed by atoms with van der Waals surface area (Å²) >= 11 is 3.38. The monoisotopic (exact) mass is 316 g/mol. The molecule has 0 bridgehead atoms. The number of hydrogen-bond acceptors (Lipinski definition) is 4. The molecule has 0 atom stereocenters. The minimum Gasteiger partial charge on any atom is -0.493 e. The topological polar surface area (TPSA) is 78.4 Å². The zero-order valence-corrected chi connectivity index (χ0v) is 11.7. The van der Waals surface area contributed by atoms with Crippen molar-refractivity contribution in [1.82, 2.24) is 0 Å². The molecular formula is C12H17BrN2O3. The van der Waals surface area contributed by atoms with E-state index in [0.717, 1.165) is 31.0 Å². The normalized spacial score (nSPS) is 10.3. The van der Waals surface area contributed by atoms with Crippen LogP contribution in [0.3, 0.4) is 0 Å². The molecule has 0 saturated heterocycles. The number of alkyl halides is 1. The number of rotatable bonds is 8. The molecule has 5 nitrogen and oxygen atoms in total. The lowest BCUT2D eigenvalue weighted by molar-refractivity contribution is -0.384. The molecule has 0 spiro atoms. The number of nitrogens with two attached hydrogens (primary N) is 1. The molecule has 0 saturated carbocycles. The van der Waals surface area contributed by atoms with Gasteiger partial charge in [0.1, 0.15) is 11.4 Å². The molecule has 0 amide bonds. The number of nitro groups is 1. The fourth-order valence-corrected chi connectivity index (χ4v) is 1.91. The summed E-state index contributed by atoms with van der Waals surface area (Å²) in [4.78, 5) is 10.2. The minimum absolute atomic E-state index is 0.105. The van der Waals surface area contributed by atoms with Gasteiger partial charge in [-0.25, -0.2) is 0 Å². The first-order valence-electron chi connectivity index (χ1n) is 5.88. The smallest absolute Gasteiger partial charge is 0.295 e. The van der Waals surface area contributed by atoms with Crippen LogP contribution in [0.4, 0.5) is 11.4 Å². The van der Waals surface area contributed by atoms with E-state index in [4.69, 9.17) is 10.5 Å². The highest BCUT2D eigenvalue weighted by molar-refractivity contribution is 9.09. The van der Waals surface area contributed by atoms with Crippen molar-refractivity contribution < 1.29 is 9.66 Å². The fraction of sp³-hybridized carbons (Fsp3) is 0.500. The van der Waals surface area contributed by atoms with E-state index in [2.05, 4.69) is 15.9 Å². The number of benzene rings is 1. The highest BCUT2D eigenvalue weighted by atomic mass is 79.9. The van der Waals surface area contributed by atoms with Gasteiger partial charge in [-0.2, -0.15) is 0 Å². The van der Waals surface area contributed by atoms with Crippen LogP contribution in [0, 0.1) is 10.1 Å². The van der Waals surface area contributed by atoms with Gasteiger partial charge in [0.05, 0.1) is 17.6 Å². The first-order valence-corrected chi connectivity index (χ1v) is 7.00. The van der Waals surface area contributed by atoms with E-state index in [9.17, 15) is 10.1 Å². The minimum atomic E-state index is -0.502. The maximum absolute atomic E-state index is 10.7. The predicted octanol–water partition coefficient (Wildman–Crippen LogP) is 3.51. The quantitative estimate of drug-likeness (QED) is 0.262. The van der Waals surface area contributed by atoms with Crippen LogP contribution in [0.1, 0.15) is 25.7 Å². The van der Waals surface area contributed by atoms with Crippen LogP contribution in [0.15, 0.2) is 18.2 Å². The van der Waals surface area contributed by atoms with Gasteiger partial charge in [-0.15, -0.1) is 0 Å². The van der Waals surface area contributed by atoms with E-state index in [1.807, 2.05) is 0 Å². The Morgan fingerprint density at radius 1 is 1.28 bits per heavy atom. The molecule has 0 fully saturated rings. The number of nitrogen functional groups attached to an aromatic ring is 1. The summed E-state index contributed by atoms with van der Waals surface area (Å²) in [6.07, 6.45) is 4.37. The van der Waals surface area contributed by atoms with Crippen molar-refractivity contribution in [2.45, 2.75) is 25.7 Å². The molecular weight excluding hydrogens is 300 g/mol. The van der Waals surface area contributed by atoms with Gasteiger partial charge in [0.2, 0.25) is 0 Å². The summed E-state index contributed by atoms with van der Waals surface area (Å²) in [7, 11) is 0. The Labute approximate surface area is 115 Å². The van der Waals surface area contributed by atoms with E-state index in [1.165, 1.54) is 12.1 Å². The molecule has 0 aliphatic carbocycles. The Hall–Kier alpha value is -1.30. The van der Waals surface area contributed by atoms with Crippen LogP contribution in [-0.2, 0) is 0 Å². The van der Waals surface area contributed by atoms with Crippen molar-refractivity contribution in [2.75, 3.05) is 17.7 Å². The highest BCUT2D eigenvalue weighted by Crippen LogP contribution is 2.26. The van der Waals surface area contributed by atoms with Crippen molar-refractivity contribution in [3.63, 3.8) is 0 Å². The summed E-state index contributed by atoms with van der Waals surface area (Å²) < 4.78 is 5.46. The molecule has 0 aromatic heterocycles. The van der Waals surface area contributed by atoms with Crippen LogP contribution in [0.2, 0.25) is 0 Å². The van der Waals surface area contributed by atoms with Crippen molar-refractivity contribution >= 4 is 27.3 Å². The molecule has 1 aromatic rings. The van der Waals surface area contributed by atoms with E-state index < -0.39 is 4.92 Å². The van der Waals surface area contributed by atoms with Gasteiger partial charge in [0, 0.05) is 5.33 Å². The van der Waals surface area contributed by atoms with E-state index in [1.54, 1.807) is 6.07 Å². The Kier molecular flexibility index (Phi) is 6.49. The maximum atomic E-state index is 10.7. The summed E-state index contributed by atoms with van der Waals surface area (Å²) in [5.41, 5.74) is 5.55. The van der Waals surface area contributed by atoms with Crippen molar-refractivity contribution in [3.05, 3.63) is 28.3 Å². The number of halogens is 1. The molecule has 0 heterocycles. The molecule has 0 aliphatic rings. The van der Waals surface area contributed by atoms with Crippen LogP contribution in [0.5, 0.6) is 5.75 Å². The Bertz CT molecular complexity index is 399. The molecule has 1 rings (SSSR count). The zero-order chi connectivity index (χ0) is 13.4. The second-order valence-electron chi connectivity index (χ2n) is 3.93. The highest BCUT2D eigenvalue weighted by Gasteiger charge is 2.12. The Morgan fingerprint density at radius 3 is 2.67 bits per heavy atom. The summed E-state index contributed by atoms with van der Waals surface area (Å²) in [6, 6.07) is 4.52. The van der Waals surface area contributed by atoms with Gasteiger partial charge in [0.25, 0.3) is 5.69 Å². The molecule has 18 heavy (non-hydrogen) atoms. The van der Waals surface area contributed by atoms with Gasteiger partial charge in [-0.1, -0.05) is 28.8 Å². The third-order valence-electron chi connectivity index (χ3n) is 2.50. The molecule has 0 unspecified atom stereocenters. The van der Waals surface area contributed by atoms with Gasteiger partial charge in [-0.3, -0.25) is 10.1 Å². The van der Waals surface area contributed by atoms with Gasteiger partial charge < -0.3 is 10.5 Å². The average Bonchev–Trinajstić information content (AvgIpc) is 2.35. The lowest BCUT2D eigenvalue weighted by atomic mass is 10.2. The first-order chi connectivity index (χ1) is 8.65. The lowest BCUT2D eigenvalue weighted by Gasteiger charge is -2.06. The number of unbranched alkanes of at least 4 members (excludes halogenated alkanes) is 3. The largest absolute Gasteiger partial charge is 0.493 e. The summed E-state index contributed by atoms with van der Waals surface area (Å²) in [6.45, 7) is 0.573. The Morgan fingerprint density at radius 2 is 2.00 bits per heavy atom. The van der Waals surface area contributed by atoms with Crippen molar-refractivity contribution in [3.8, 4) is 5.75 Å².